The predicted octanol–water partition coefficient (Wildman–Crippen LogP) is 5.14. The Morgan fingerprint density at radius 1 is 0.784 bits per heavy atom. The number of halogens is 2. The number of nitrogens with one attached hydrogen (secondary N) is 2. The van der Waals surface area contributed by atoms with Crippen LogP contribution < -0.4 is 20.1 Å². The molecular formula is C26H25Cl2N3O6. The fraction of sp³-hybridized carbons (Fsp3) is 0.231. The molecule has 0 saturated heterocycles. The molecule has 0 heterocycles. The lowest BCUT2D eigenvalue weighted by Crippen LogP contribution is -2.30. The monoisotopic (exact) mass is 545 g/mol. The summed E-state index contributed by atoms with van der Waals surface area (Å²) in [5.41, 5.74) is 1.28. The number of hydrogen-bond donors (Lipinski definition) is 2. The highest BCUT2D eigenvalue weighted by Crippen LogP contribution is 2.23. The SMILES string of the molecule is Cc1cc(Cl)ccc1OCCNC(=O)c1cc(C(=O)NCCOc2ccc(Cl)cc2C)cc([N+](=O)[O-])c1. The summed E-state index contributed by atoms with van der Waals surface area (Å²) in [6, 6.07) is 13.9. The topological polar surface area (TPSA) is 120 Å². The molecule has 2 N–H and O–H groups in total. The highest BCUT2D eigenvalue weighted by Gasteiger charge is 2.18. The number of ether oxygens (including phenoxy) is 2. The van der Waals surface area contributed by atoms with E-state index < -0.39 is 16.7 Å². The second kappa shape index (κ2) is 12.9. The van der Waals surface area contributed by atoms with Gasteiger partial charge in [-0.2, -0.15) is 0 Å². The van der Waals surface area contributed by atoms with E-state index in [9.17, 15) is 19.7 Å². The Morgan fingerprint density at radius 2 is 1.22 bits per heavy atom. The summed E-state index contributed by atoms with van der Waals surface area (Å²) in [4.78, 5) is 36.0. The number of rotatable bonds is 11. The normalized spacial score (nSPS) is 10.5. The van der Waals surface area contributed by atoms with E-state index in [1.54, 1.807) is 36.4 Å². The molecule has 0 aromatic heterocycles. The van der Waals surface area contributed by atoms with Gasteiger partial charge in [0.15, 0.2) is 0 Å². The number of hydrogen-bond acceptors (Lipinski definition) is 6. The van der Waals surface area contributed by atoms with Gasteiger partial charge in [-0.1, -0.05) is 23.2 Å². The molecule has 0 aliphatic carbocycles. The number of nitro benzene ring substituents is 1. The van der Waals surface area contributed by atoms with E-state index in [1.807, 2.05) is 13.8 Å². The molecule has 0 aliphatic heterocycles. The molecule has 3 aromatic rings. The Balaban J connectivity index is 1.56. The van der Waals surface area contributed by atoms with Crippen molar-refractivity contribution in [1.29, 1.82) is 0 Å². The van der Waals surface area contributed by atoms with Crippen molar-refractivity contribution in [1.82, 2.24) is 10.6 Å². The molecule has 9 nitrogen and oxygen atoms in total. The van der Waals surface area contributed by atoms with Crippen molar-refractivity contribution in [3.63, 3.8) is 0 Å². The van der Waals surface area contributed by atoms with Crippen molar-refractivity contribution in [2.75, 3.05) is 26.3 Å². The van der Waals surface area contributed by atoms with Crippen LogP contribution in [0.5, 0.6) is 11.5 Å². The Kier molecular flexibility index (Phi) is 9.71. The lowest BCUT2D eigenvalue weighted by atomic mass is 10.1. The van der Waals surface area contributed by atoms with Gasteiger partial charge in [0, 0.05) is 33.3 Å². The number of non-ortho nitro benzene ring substituents is 1. The number of nitro groups is 1. The molecule has 2 amide bonds. The quantitative estimate of drug-likeness (QED) is 0.195. The number of carbonyl (C=O) groups excluding carboxylic acids is 2. The third-order valence-electron chi connectivity index (χ3n) is 5.22. The Bertz CT molecular complexity index is 1230. The van der Waals surface area contributed by atoms with Crippen LogP contribution in [0.2, 0.25) is 10.0 Å². The van der Waals surface area contributed by atoms with E-state index in [4.69, 9.17) is 32.7 Å². The van der Waals surface area contributed by atoms with Crippen molar-refractivity contribution in [3.05, 3.63) is 97.0 Å². The van der Waals surface area contributed by atoms with Crippen molar-refractivity contribution < 1.29 is 24.0 Å². The predicted molar refractivity (Wildman–Crippen MR) is 141 cm³/mol. The third-order valence-corrected chi connectivity index (χ3v) is 5.69. The molecule has 0 unspecified atom stereocenters. The molecule has 3 aromatic carbocycles. The smallest absolute Gasteiger partial charge is 0.271 e. The van der Waals surface area contributed by atoms with Crippen LogP contribution in [-0.4, -0.2) is 43.0 Å². The lowest BCUT2D eigenvalue weighted by molar-refractivity contribution is -0.384. The summed E-state index contributed by atoms with van der Waals surface area (Å²) in [5.74, 6) is 0.109. The summed E-state index contributed by atoms with van der Waals surface area (Å²) in [6.45, 7) is 4.33. The van der Waals surface area contributed by atoms with E-state index >= 15 is 0 Å². The molecule has 0 bridgehead atoms. The highest BCUT2D eigenvalue weighted by atomic mass is 35.5. The summed E-state index contributed by atoms with van der Waals surface area (Å²) in [5, 5.41) is 17.8. The third kappa shape index (κ3) is 8.09. The van der Waals surface area contributed by atoms with Crippen LogP contribution in [0, 0.1) is 24.0 Å². The fourth-order valence-corrected chi connectivity index (χ4v) is 3.84. The number of nitrogens with zero attached hydrogens (tertiary/aromatic N) is 1. The molecule has 0 radical (unpaired) electrons. The van der Waals surface area contributed by atoms with Gasteiger partial charge in [-0.3, -0.25) is 19.7 Å². The Labute approximate surface area is 223 Å². The van der Waals surface area contributed by atoms with Gasteiger partial charge in [0.2, 0.25) is 0 Å². The molecule has 0 atom stereocenters. The molecule has 3 rings (SSSR count). The van der Waals surface area contributed by atoms with E-state index in [-0.39, 0.29) is 43.1 Å². The molecule has 37 heavy (non-hydrogen) atoms. The van der Waals surface area contributed by atoms with Crippen molar-refractivity contribution in [3.8, 4) is 11.5 Å². The van der Waals surface area contributed by atoms with Gasteiger partial charge in [-0.25, -0.2) is 0 Å². The second-order valence-electron chi connectivity index (χ2n) is 8.05. The minimum Gasteiger partial charge on any atom is -0.491 e. The average Bonchev–Trinajstić information content (AvgIpc) is 2.86. The molecule has 0 spiro atoms. The first kappa shape index (κ1) is 27.8. The summed E-state index contributed by atoms with van der Waals surface area (Å²) in [6.07, 6.45) is 0. The maximum atomic E-state index is 12.6. The standard InChI is InChI=1S/C26H25Cl2N3O6/c1-16-11-20(27)3-5-23(16)36-9-7-29-25(32)18-13-19(15-22(14-18)31(34)35)26(33)30-8-10-37-24-6-4-21(28)12-17(24)2/h3-6,11-15H,7-10H2,1-2H3,(H,29,32)(H,30,33). The van der Waals surface area contributed by atoms with Crippen LogP contribution in [-0.2, 0) is 0 Å². The molecule has 0 aliphatic rings. The van der Waals surface area contributed by atoms with E-state index in [2.05, 4.69) is 10.6 Å². The molecule has 0 saturated carbocycles. The number of amides is 2. The largest absolute Gasteiger partial charge is 0.491 e. The maximum Gasteiger partial charge on any atom is 0.271 e. The lowest BCUT2D eigenvalue weighted by Gasteiger charge is -2.11. The van der Waals surface area contributed by atoms with Crippen LogP contribution in [0.1, 0.15) is 31.8 Å². The first-order valence-electron chi connectivity index (χ1n) is 11.3. The number of carbonyl (C=O) groups is 2. The highest BCUT2D eigenvalue weighted by molar-refractivity contribution is 6.31. The van der Waals surface area contributed by atoms with Gasteiger partial charge in [-0.05, 0) is 67.4 Å². The zero-order valence-electron chi connectivity index (χ0n) is 20.2. The van der Waals surface area contributed by atoms with Gasteiger partial charge in [-0.15, -0.1) is 0 Å². The van der Waals surface area contributed by atoms with Crippen molar-refractivity contribution >= 4 is 40.7 Å². The summed E-state index contributed by atoms with van der Waals surface area (Å²) >= 11 is 11.9. The zero-order chi connectivity index (χ0) is 26.9. The van der Waals surface area contributed by atoms with Gasteiger partial charge >= 0.3 is 0 Å². The second-order valence-corrected chi connectivity index (χ2v) is 8.93. The Hall–Kier alpha value is -3.82. The Morgan fingerprint density at radius 3 is 1.59 bits per heavy atom. The van der Waals surface area contributed by atoms with Gasteiger partial charge < -0.3 is 20.1 Å². The molecule has 11 heteroatoms. The van der Waals surface area contributed by atoms with Gasteiger partial charge in [0.05, 0.1) is 18.0 Å². The summed E-state index contributed by atoms with van der Waals surface area (Å²) in [7, 11) is 0. The van der Waals surface area contributed by atoms with Crippen LogP contribution in [0.4, 0.5) is 5.69 Å². The minimum atomic E-state index is -0.660. The van der Waals surface area contributed by atoms with Gasteiger partial charge in [0.1, 0.15) is 24.7 Å². The number of benzene rings is 3. The summed E-state index contributed by atoms with van der Waals surface area (Å²) < 4.78 is 11.3. The minimum absolute atomic E-state index is 0.0185. The van der Waals surface area contributed by atoms with E-state index in [0.717, 1.165) is 23.3 Å². The van der Waals surface area contributed by atoms with Crippen LogP contribution in [0.15, 0.2) is 54.6 Å². The van der Waals surface area contributed by atoms with Crippen LogP contribution in [0.25, 0.3) is 0 Å². The van der Waals surface area contributed by atoms with E-state index in [0.29, 0.717) is 21.5 Å². The fourth-order valence-electron chi connectivity index (χ4n) is 3.38. The number of aryl methyl sites for hydroxylation is 2. The zero-order valence-corrected chi connectivity index (χ0v) is 21.7. The first-order valence-corrected chi connectivity index (χ1v) is 12.0. The van der Waals surface area contributed by atoms with Crippen molar-refractivity contribution in [2.24, 2.45) is 0 Å². The van der Waals surface area contributed by atoms with Crippen LogP contribution >= 0.6 is 23.2 Å². The maximum absolute atomic E-state index is 12.6. The van der Waals surface area contributed by atoms with Gasteiger partial charge in [0.25, 0.3) is 17.5 Å². The molecule has 0 fully saturated rings. The first-order chi connectivity index (χ1) is 17.6. The molecular weight excluding hydrogens is 521 g/mol. The molecule has 194 valence electrons. The van der Waals surface area contributed by atoms with Crippen molar-refractivity contribution in [2.45, 2.75) is 13.8 Å². The van der Waals surface area contributed by atoms with E-state index in [1.165, 1.54) is 6.07 Å². The van der Waals surface area contributed by atoms with Crippen LogP contribution in [0.3, 0.4) is 0 Å². The average molecular weight is 546 g/mol.